The van der Waals surface area contributed by atoms with Gasteiger partial charge in [-0.3, -0.25) is 0 Å². The third-order valence-corrected chi connectivity index (χ3v) is 2.64. The van der Waals surface area contributed by atoms with Gasteiger partial charge >= 0.3 is 6.09 Å². The van der Waals surface area contributed by atoms with Gasteiger partial charge in [-0.05, 0) is 19.1 Å². The highest BCUT2D eigenvalue weighted by atomic mass is 32.1. The van der Waals surface area contributed by atoms with E-state index < -0.39 is 0 Å². The van der Waals surface area contributed by atoms with Gasteiger partial charge in [0.25, 0.3) is 0 Å². The first kappa shape index (κ1) is 13.7. The molecule has 1 atom stereocenters. The monoisotopic (exact) mass is 254 g/mol. The lowest BCUT2D eigenvalue weighted by atomic mass is 10.2. The third-order valence-electron chi connectivity index (χ3n) is 2.64. The number of hydrogen-bond donors (Lipinski definition) is 1. The number of carbonyl (C=O) groups excluding carboxylic acids is 1. The highest BCUT2D eigenvalue weighted by Gasteiger charge is 2.27. The number of aryl methyl sites for hydroxylation is 1. The van der Waals surface area contributed by atoms with Crippen LogP contribution in [0.4, 0.5) is 10.5 Å². The van der Waals surface area contributed by atoms with Gasteiger partial charge in [0.1, 0.15) is 6.10 Å². The Bertz CT molecular complexity index is 381. The van der Waals surface area contributed by atoms with Gasteiger partial charge in [0, 0.05) is 12.7 Å². The summed E-state index contributed by atoms with van der Waals surface area (Å²) in [6.45, 7) is 3.36. The van der Waals surface area contributed by atoms with Crippen LogP contribution in [0.2, 0.25) is 0 Å². The quantitative estimate of drug-likeness (QED) is 0.896. The molecule has 1 aromatic rings. The fourth-order valence-electron chi connectivity index (χ4n) is 1.66. The van der Waals surface area contributed by atoms with Crippen molar-refractivity contribution in [1.29, 1.82) is 0 Å². The van der Waals surface area contributed by atoms with Crippen LogP contribution in [-0.2, 0) is 4.74 Å². The number of amides is 1. The molecule has 0 aliphatic carbocycles. The molecule has 1 aromatic carbocycles. The molecule has 0 aromatic heterocycles. The normalized spacial score (nSPS) is 18.6. The van der Waals surface area contributed by atoms with Crippen LogP contribution >= 0.6 is 13.5 Å². The molecule has 1 amide bonds. The molecule has 1 aliphatic heterocycles. The van der Waals surface area contributed by atoms with Crippen LogP contribution in [0.5, 0.6) is 0 Å². The van der Waals surface area contributed by atoms with E-state index in [9.17, 15) is 4.79 Å². The SMILES string of the molecule is Cc1ccc(NC[C@H]2CN(C)C(=O)O2)cc1.S. The molecule has 4 nitrogen and oxygen atoms in total. The third kappa shape index (κ3) is 3.56. The fraction of sp³-hybridized carbons (Fsp3) is 0.417. The van der Waals surface area contributed by atoms with Crippen molar-refractivity contribution in [3.63, 3.8) is 0 Å². The van der Waals surface area contributed by atoms with Crippen molar-refractivity contribution in [1.82, 2.24) is 4.90 Å². The van der Waals surface area contributed by atoms with Crippen molar-refractivity contribution in [2.24, 2.45) is 0 Å². The van der Waals surface area contributed by atoms with Gasteiger partial charge in [0.2, 0.25) is 0 Å². The van der Waals surface area contributed by atoms with Gasteiger partial charge in [-0.1, -0.05) is 17.7 Å². The molecular formula is C12H18N2O2S. The Morgan fingerprint density at radius 1 is 1.41 bits per heavy atom. The van der Waals surface area contributed by atoms with Crippen LogP contribution in [0.3, 0.4) is 0 Å². The highest BCUT2D eigenvalue weighted by molar-refractivity contribution is 7.59. The second kappa shape index (κ2) is 5.82. The molecule has 5 heteroatoms. The molecule has 0 radical (unpaired) electrons. The summed E-state index contributed by atoms with van der Waals surface area (Å²) in [5, 5.41) is 3.25. The molecule has 1 fully saturated rings. The number of rotatable bonds is 3. The lowest BCUT2D eigenvalue weighted by Gasteiger charge is -2.10. The van der Waals surface area contributed by atoms with Crippen molar-refractivity contribution in [2.45, 2.75) is 13.0 Å². The van der Waals surface area contributed by atoms with E-state index in [0.717, 1.165) is 5.69 Å². The maximum absolute atomic E-state index is 11.1. The molecule has 1 aliphatic rings. The number of benzene rings is 1. The van der Waals surface area contributed by atoms with Crippen LogP contribution < -0.4 is 5.32 Å². The first-order valence-corrected chi connectivity index (χ1v) is 5.37. The molecule has 0 spiro atoms. The van der Waals surface area contributed by atoms with E-state index in [1.807, 2.05) is 12.1 Å². The van der Waals surface area contributed by atoms with Gasteiger partial charge < -0.3 is 15.0 Å². The smallest absolute Gasteiger partial charge is 0.410 e. The van der Waals surface area contributed by atoms with Crippen LogP contribution in [0.15, 0.2) is 24.3 Å². The molecule has 0 bridgehead atoms. The summed E-state index contributed by atoms with van der Waals surface area (Å²) in [6.07, 6.45) is -0.297. The molecule has 94 valence electrons. The summed E-state index contributed by atoms with van der Waals surface area (Å²) in [5.74, 6) is 0. The van der Waals surface area contributed by atoms with E-state index in [1.54, 1.807) is 11.9 Å². The Morgan fingerprint density at radius 3 is 2.59 bits per heavy atom. The number of likely N-dealkylation sites (N-methyl/N-ethyl adjacent to an activating group) is 1. The summed E-state index contributed by atoms with van der Waals surface area (Å²) in [7, 11) is 1.74. The average Bonchev–Trinajstić information content (AvgIpc) is 2.58. The second-order valence-corrected chi connectivity index (χ2v) is 4.13. The van der Waals surface area contributed by atoms with E-state index in [4.69, 9.17) is 4.74 Å². The maximum Gasteiger partial charge on any atom is 0.410 e. The van der Waals surface area contributed by atoms with E-state index >= 15 is 0 Å². The molecule has 17 heavy (non-hydrogen) atoms. The summed E-state index contributed by atoms with van der Waals surface area (Å²) >= 11 is 0. The molecule has 1 saturated heterocycles. The molecule has 0 saturated carbocycles. The van der Waals surface area contributed by atoms with Gasteiger partial charge in [-0.15, -0.1) is 0 Å². The van der Waals surface area contributed by atoms with E-state index in [0.29, 0.717) is 13.1 Å². The minimum atomic E-state index is -0.240. The van der Waals surface area contributed by atoms with Crippen molar-refractivity contribution in [3.8, 4) is 0 Å². The topological polar surface area (TPSA) is 41.6 Å². The van der Waals surface area contributed by atoms with Gasteiger partial charge in [-0.25, -0.2) is 4.79 Å². The molecule has 2 rings (SSSR count). The average molecular weight is 254 g/mol. The predicted molar refractivity (Wildman–Crippen MR) is 72.9 cm³/mol. The molecule has 1 heterocycles. The number of nitrogens with one attached hydrogen (secondary N) is 1. The minimum absolute atomic E-state index is 0. The Kier molecular flexibility index (Phi) is 4.69. The van der Waals surface area contributed by atoms with Crippen LogP contribution in [0.1, 0.15) is 5.56 Å². The van der Waals surface area contributed by atoms with Crippen LogP contribution in [0.25, 0.3) is 0 Å². The Labute approximate surface area is 108 Å². The van der Waals surface area contributed by atoms with Gasteiger partial charge in [0.05, 0.1) is 13.1 Å². The zero-order chi connectivity index (χ0) is 11.5. The van der Waals surface area contributed by atoms with Crippen molar-refractivity contribution >= 4 is 25.3 Å². The van der Waals surface area contributed by atoms with Crippen molar-refractivity contribution in [2.75, 3.05) is 25.5 Å². The summed E-state index contributed by atoms with van der Waals surface area (Å²) < 4.78 is 5.14. The van der Waals surface area contributed by atoms with Gasteiger partial charge in [-0.2, -0.15) is 13.5 Å². The van der Waals surface area contributed by atoms with Crippen LogP contribution in [0, 0.1) is 6.92 Å². The number of cyclic esters (lactones) is 1. The zero-order valence-electron chi connectivity index (χ0n) is 10.1. The largest absolute Gasteiger partial charge is 0.442 e. The van der Waals surface area contributed by atoms with Crippen molar-refractivity contribution < 1.29 is 9.53 Å². The van der Waals surface area contributed by atoms with E-state index in [-0.39, 0.29) is 25.7 Å². The number of carbonyl (C=O) groups is 1. The van der Waals surface area contributed by atoms with Crippen LogP contribution in [-0.4, -0.2) is 37.2 Å². The van der Waals surface area contributed by atoms with E-state index in [1.165, 1.54) is 5.56 Å². The minimum Gasteiger partial charge on any atom is -0.442 e. The van der Waals surface area contributed by atoms with Crippen molar-refractivity contribution in [3.05, 3.63) is 29.8 Å². The Morgan fingerprint density at radius 2 is 2.06 bits per heavy atom. The first-order chi connectivity index (χ1) is 7.65. The molecule has 1 N–H and O–H groups in total. The Hall–Kier alpha value is -1.36. The zero-order valence-corrected chi connectivity index (χ0v) is 11.1. The summed E-state index contributed by atoms with van der Waals surface area (Å²) in [4.78, 5) is 12.7. The first-order valence-electron chi connectivity index (χ1n) is 5.37. The lowest BCUT2D eigenvalue weighted by Crippen LogP contribution is -2.24. The second-order valence-electron chi connectivity index (χ2n) is 4.13. The summed E-state index contributed by atoms with van der Waals surface area (Å²) in [6, 6.07) is 8.15. The summed E-state index contributed by atoms with van der Waals surface area (Å²) in [5.41, 5.74) is 2.29. The number of hydrogen-bond acceptors (Lipinski definition) is 3. The number of anilines is 1. The lowest BCUT2D eigenvalue weighted by molar-refractivity contribution is 0.138. The molecule has 0 unspecified atom stereocenters. The Balaban J connectivity index is 0.00000144. The standard InChI is InChI=1S/C12H16N2O2.H2S/c1-9-3-5-10(6-4-9)13-7-11-8-14(2)12(15)16-11;/h3-6,11,13H,7-8H2,1-2H3;1H2/t11-;/m0./s1. The number of nitrogens with zero attached hydrogens (tertiary/aromatic N) is 1. The van der Waals surface area contributed by atoms with E-state index in [2.05, 4.69) is 24.4 Å². The molecular weight excluding hydrogens is 236 g/mol. The number of ether oxygens (including phenoxy) is 1. The highest BCUT2D eigenvalue weighted by Crippen LogP contribution is 2.12. The predicted octanol–water partition coefficient (Wildman–Crippen LogP) is 1.97. The van der Waals surface area contributed by atoms with Gasteiger partial charge in [0.15, 0.2) is 0 Å². The maximum atomic E-state index is 11.1. The fourth-order valence-corrected chi connectivity index (χ4v) is 1.66.